The second kappa shape index (κ2) is 10.3. The number of benzene rings is 2. The van der Waals surface area contributed by atoms with Crippen molar-refractivity contribution in [3.8, 4) is 11.5 Å². The molecule has 0 radical (unpaired) electrons. The zero-order valence-electron chi connectivity index (χ0n) is 16.8. The molecule has 0 aromatic heterocycles. The van der Waals surface area contributed by atoms with Crippen LogP contribution >= 0.6 is 0 Å². The molecule has 2 rings (SSSR count). The second-order valence-corrected chi connectivity index (χ2v) is 6.64. The predicted octanol–water partition coefficient (Wildman–Crippen LogP) is 3.34. The molecule has 0 bridgehead atoms. The zero-order chi connectivity index (χ0) is 20.5. The summed E-state index contributed by atoms with van der Waals surface area (Å²) in [6, 6.07) is 13.1. The number of carbonyl (C=O) groups excluding carboxylic acids is 2. The molecule has 1 amide bonds. The number of ether oxygens (including phenoxy) is 3. The molecular weight excluding hydrogens is 358 g/mol. The minimum absolute atomic E-state index is 0.139. The molecule has 0 saturated carbocycles. The molecule has 1 N–H and O–H groups in total. The first kappa shape index (κ1) is 21.3. The third-order valence-corrected chi connectivity index (χ3v) is 4.33. The van der Waals surface area contributed by atoms with Gasteiger partial charge in [-0.05, 0) is 41.7 Å². The summed E-state index contributed by atoms with van der Waals surface area (Å²) in [6.07, 6.45) is 0.751. The molecule has 150 valence electrons. The van der Waals surface area contributed by atoms with Crippen LogP contribution in [-0.4, -0.2) is 39.2 Å². The predicted molar refractivity (Wildman–Crippen MR) is 107 cm³/mol. The van der Waals surface area contributed by atoms with Gasteiger partial charge in [-0.25, -0.2) is 4.79 Å². The number of nitrogens with one attached hydrogen (secondary N) is 1. The molecule has 0 atom stereocenters. The topological polar surface area (TPSA) is 73.9 Å². The summed E-state index contributed by atoms with van der Waals surface area (Å²) in [5.41, 5.74) is 2.82. The van der Waals surface area contributed by atoms with Gasteiger partial charge in [0, 0.05) is 6.54 Å². The van der Waals surface area contributed by atoms with Crippen LogP contribution in [0.1, 0.15) is 41.3 Å². The molecule has 28 heavy (non-hydrogen) atoms. The number of hydrogen-bond acceptors (Lipinski definition) is 5. The normalized spacial score (nSPS) is 10.5. The van der Waals surface area contributed by atoms with Crippen molar-refractivity contribution >= 4 is 11.9 Å². The Morgan fingerprint density at radius 3 is 2.32 bits per heavy atom. The monoisotopic (exact) mass is 385 g/mol. The highest BCUT2D eigenvalue weighted by Gasteiger charge is 2.12. The van der Waals surface area contributed by atoms with E-state index in [0.29, 0.717) is 29.5 Å². The van der Waals surface area contributed by atoms with Crippen LogP contribution in [0.3, 0.4) is 0 Å². The Labute approximate surface area is 165 Å². The maximum atomic E-state index is 12.0. The molecule has 0 fully saturated rings. The number of carbonyl (C=O) groups is 2. The van der Waals surface area contributed by atoms with E-state index in [9.17, 15) is 9.59 Å². The van der Waals surface area contributed by atoms with Gasteiger partial charge in [-0.3, -0.25) is 4.79 Å². The van der Waals surface area contributed by atoms with Gasteiger partial charge in [-0.15, -0.1) is 0 Å². The minimum Gasteiger partial charge on any atom is -0.493 e. The summed E-state index contributed by atoms with van der Waals surface area (Å²) in [7, 11) is 2.77. The highest BCUT2D eigenvalue weighted by atomic mass is 16.5. The van der Waals surface area contributed by atoms with Crippen molar-refractivity contribution in [1.82, 2.24) is 5.32 Å². The molecule has 6 heteroatoms. The van der Waals surface area contributed by atoms with Gasteiger partial charge in [0.25, 0.3) is 5.91 Å². The lowest BCUT2D eigenvalue weighted by molar-refractivity contribution is -0.123. The van der Waals surface area contributed by atoms with E-state index >= 15 is 0 Å². The van der Waals surface area contributed by atoms with E-state index in [0.717, 1.165) is 6.42 Å². The Balaban J connectivity index is 1.81. The van der Waals surface area contributed by atoms with Crippen LogP contribution in [0.5, 0.6) is 11.5 Å². The number of esters is 1. The zero-order valence-corrected chi connectivity index (χ0v) is 16.8. The van der Waals surface area contributed by atoms with Crippen molar-refractivity contribution in [3.05, 3.63) is 59.2 Å². The molecule has 0 saturated heterocycles. The molecular formula is C22H27NO5. The van der Waals surface area contributed by atoms with Crippen molar-refractivity contribution in [2.75, 3.05) is 27.4 Å². The molecule has 0 spiro atoms. The first-order chi connectivity index (χ1) is 13.4. The highest BCUT2D eigenvalue weighted by Crippen LogP contribution is 2.28. The molecule has 0 aliphatic heterocycles. The third kappa shape index (κ3) is 6.01. The van der Waals surface area contributed by atoms with E-state index in [-0.39, 0.29) is 12.5 Å². The van der Waals surface area contributed by atoms with Crippen LogP contribution in [0.2, 0.25) is 0 Å². The van der Waals surface area contributed by atoms with Gasteiger partial charge in [-0.1, -0.05) is 38.1 Å². The molecule has 0 aliphatic rings. The van der Waals surface area contributed by atoms with Crippen LogP contribution in [0.25, 0.3) is 0 Å². The van der Waals surface area contributed by atoms with E-state index in [4.69, 9.17) is 9.47 Å². The van der Waals surface area contributed by atoms with E-state index in [1.807, 2.05) is 0 Å². The lowest BCUT2D eigenvalue weighted by Crippen LogP contribution is -2.30. The lowest BCUT2D eigenvalue weighted by Gasteiger charge is -2.12. The van der Waals surface area contributed by atoms with Crippen molar-refractivity contribution in [2.45, 2.75) is 26.2 Å². The smallest absolute Gasteiger partial charge is 0.337 e. The number of hydrogen-bond donors (Lipinski definition) is 1. The molecule has 0 unspecified atom stereocenters. The number of rotatable bonds is 9. The Morgan fingerprint density at radius 2 is 1.71 bits per heavy atom. The Hall–Kier alpha value is -3.02. The minimum atomic E-state index is -0.469. The van der Waals surface area contributed by atoms with E-state index in [1.165, 1.54) is 31.4 Å². The Kier molecular flexibility index (Phi) is 7.87. The molecule has 6 nitrogen and oxygen atoms in total. The average Bonchev–Trinajstić information content (AvgIpc) is 2.71. The molecule has 0 aliphatic carbocycles. The van der Waals surface area contributed by atoms with Crippen molar-refractivity contribution in [1.29, 1.82) is 0 Å². The maximum absolute atomic E-state index is 12.0. The fourth-order valence-electron chi connectivity index (χ4n) is 2.64. The fourth-order valence-corrected chi connectivity index (χ4v) is 2.64. The maximum Gasteiger partial charge on any atom is 0.337 e. The van der Waals surface area contributed by atoms with Gasteiger partial charge in [0.05, 0.1) is 19.8 Å². The second-order valence-electron chi connectivity index (χ2n) is 6.64. The van der Waals surface area contributed by atoms with Gasteiger partial charge in [0.15, 0.2) is 18.1 Å². The first-order valence-electron chi connectivity index (χ1n) is 9.19. The number of amides is 1. The van der Waals surface area contributed by atoms with Crippen LogP contribution in [0.4, 0.5) is 0 Å². The molecule has 2 aromatic carbocycles. The van der Waals surface area contributed by atoms with E-state index in [2.05, 4.69) is 48.2 Å². The van der Waals surface area contributed by atoms with Gasteiger partial charge >= 0.3 is 5.97 Å². The first-order valence-corrected chi connectivity index (χ1v) is 9.19. The molecule has 0 heterocycles. The van der Waals surface area contributed by atoms with Crippen molar-refractivity contribution in [2.24, 2.45) is 0 Å². The van der Waals surface area contributed by atoms with Crippen LogP contribution in [0.15, 0.2) is 42.5 Å². The summed E-state index contributed by atoms with van der Waals surface area (Å²) < 4.78 is 15.4. The Bertz CT molecular complexity index is 799. The summed E-state index contributed by atoms with van der Waals surface area (Å²) >= 11 is 0. The lowest BCUT2D eigenvalue weighted by atomic mass is 10.0. The molecule has 2 aromatic rings. The van der Waals surface area contributed by atoms with E-state index < -0.39 is 5.97 Å². The fraction of sp³-hybridized carbons (Fsp3) is 0.364. The van der Waals surface area contributed by atoms with Crippen molar-refractivity contribution < 1.29 is 23.8 Å². The summed E-state index contributed by atoms with van der Waals surface area (Å²) in [6.45, 7) is 4.71. The summed E-state index contributed by atoms with van der Waals surface area (Å²) in [5.74, 6) is 0.557. The van der Waals surface area contributed by atoms with Crippen molar-refractivity contribution in [3.63, 3.8) is 0 Å². The third-order valence-electron chi connectivity index (χ3n) is 4.33. The Morgan fingerprint density at radius 1 is 1.00 bits per heavy atom. The van der Waals surface area contributed by atoms with E-state index in [1.54, 1.807) is 12.1 Å². The summed E-state index contributed by atoms with van der Waals surface area (Å²) in [5, 5.41) is 2.84. The average molecular weight is 385 g/mol. The van der Waals surface area contributed by atoms with Gasteiger partial charge in [-0.2, -0.15) is 0 Å². The SMILES string of the molecule is COC(=O)c1ccc(OCC(=O)NCCc2ccc(C(C)C)cc2)c(OC)c1. The highest BCUT2D eigenvalue weighted by molar-refractivity contribution is 5.90. The summed E-state index contributed by atoms with van der Waals surface area (Å²) in [4.78, 5) is 23.6. The van der Waals surface area contributed by atoms with Gasteiger partial charge in [0.1, 0.15) is 0 Å². The quantitative estimate of drug-likeness (QED) is 0.670. The van der Waals surface area contributed by atoms with Crippen LogP contribution < -0.4 is 14.8 Å². The van der Waals surface area contributed by atoms with Gasteiger partial charge < -0.3 is 19.5 Å². The van der Waals surface area contributed by atoms with Gasteiger partial charge in [0.2, 0.25) is 0 Å². The van der Waals surface area contributed by atoms with Crippen LogP contribution in [0, 0.1) is 0 Å². The largest absolute Gasteiger partial charge is 0.493 e. The standard InChI is InChI=1S/C22H27NO5/c1-15(2)17-7-5-16(6-8-17)11-12-23-21(24)14-28-19-10-9-18(22(25)27-4)13-20(19)26-3/h5-10,13,15H,11-12,14H2,1-4H3,(H,23,24). The van der Waals surface area contributed by atoms with Crippen LogP contribution in [-0.2, 0) is 16.0 Å². The number of methoxy groups -OCH3 is 2.